The summed E-state index contributed by atoms with van der Waals surface area (Å²) in [4.78, 5) is 26.1. The van der Waals surface area contributed by atoms with Crippen molar-refractivity contribution in [2.75, 3.05) is 4.90 Å². The van der Waals surface area contributed by atoms with Gasteiger partial charge in [0.2, 0.25) is 0 Å². The second-order valence-electron chi connectivity index (χ2n) is 6.04. The molecule has 0 aromatic heterocycles. The number of hydrogen-bond acceptors (Lipinski definition) is 2. The lowest BCUT2D eigenvalue weighted by Crippen LogP contribution is -2.47. The Morgan fingerprint density at radius 1 is 1.11 bits per heavy atom. The number of amides is 1. The van der Waals surface area contributed by atoms with E-state index >= 15 is 0 Å². The Labute approximate surface area is 112 Å². The first kappa shape index (κ1) is 12.2. The third kappa shape index (κ3) is 1.33. The molecule has 0 N–H and O–H groups in total. The summed E-state index contributed by atoms with van der Waals surface area (Å²) in [5.74, 6) is -0.787. The van der Waals surface area contributed by atoms with E-state index in [0.717, 1.165) is 28.0 Å². The quantitative estimate of drug-likeness (QED) is 0.668. The van der Waals surface area contributed by atoms with Gasteiger partial charge in [-0.1, -0.05) is 6.08 Å². The first-order chi connectivity index (χ1) is 8.75. The van der Waals surface area contributed by atoms with Gasteiger partial charge < -0.3 is 0 Å². The molecule has 2 aliphatic rings. The van der Waals surface area contributed by atoms with Crippen LogP contribution in [0.3, 0.4) is 0 Å². The van der Waals surface area contributed by atoms with Crippen LogP contribution in [0.15, 0.2) is 12.1 Å². The van der Waals surface area contributed by atoms with Gasteiger partial charge in [-0.05, 0) is 57.4 Å². The molecule has 2 heterocycles. The molecule has 1 amide bonds. The zero-order valence-electron chi connectivity index (χ0n) is 11.9. The molecule has 0 unspecified atom stereocenters. The van der Waals surface area contributed by atoms with Crippen molar-refractivity contribution in [2.24, 2.45) is 0 Å². The van der Waals surface area contributed by atoms with Crippen LogP contribution >= 0.6 is 0 Å². The zero-order valence-corrected chi connectivity index (χ0v) is 11.9. The predicted molar refractivity (Wildman–Crippen MR) is 75.5 cm³/mol. The van der Waals surface area contributed by atoms with Crippen molar-refractivity contribution in [1.29, 1.82) is 0 Å². The van der Waals surface area contributed by atoms with Crippen LogP contribution < -0.4 is 4.90 Å². The van der Waals surface area contributed by atoms with Crippen LogP contribution in [0.25, 0.3) is 5.57 Å². The summed E-state index contributed by atoms with van der Waals surface area (Å²) in [6.45, 7) is 10.0. The molecule has 0 bridgehead atoms. The second kappa shape index (κ2) is 3.35. The zero-order chi connectivity index (χ0) is 14.1. The van der Waals surface area contributed by atoms with Crippen LogP contribution in [0, 0.1) is 13.8 Å². The predicted octanol–water partition coefficient (Wildman–Crippen LogP) is 3.03. The Morgan fingerprint density at radius 2 is 1.74 bits per heavy atom. The number of carbonyl (C=O) groups is 2. The maximum Gasteiger partial charge on any atom is 0.300 e. The van der Waals surface area contributed by atoms with Crippen molar-refractivity contribution in [1.82, 2.24) is 0 Å². The minimum Gasteiger partial charge on any atom is -0.295 e. The molecule has 0 spiro atoms. The van der Waals surface area contributed by atoms with Crippen LogP contribution in [0.4, 0.5) is 5.69 Å². The molecule has 0 atom stereocenters. The largest absolute Gasteiger partial charge is 0.300 e. The number of ketones is 1. The Hall–Kier alpha value is -1.90. The number of Topliss-reactive ketones (excluding diaryl/α,β-unsaturated/α-hetero) is 1. The first-order valence-electron chi connectivity index (χ1n) is 6.48. The molecule has 19 heavy (non-hydrogen) atoms. The number of benzene rings is 1. The van der Waals surface area contributed by atoms with E-state index in [0.29, 0.717) is 5.56 Å². The summed E-state index contributed by atoms with van der Waals surface area (Å²) in [5.41, 5.74) is 5.32. The summed E-state index contributed by atoms with van der Waals surface area (Å²) < 4.78 is 0. The highest BCUT2D eigenvalue weighted by Crippen LogP contribution is 2.47. The van der Waals surface area contributed by atoms with Gasteiger partial charge in [0.1, 0.15) is 0 Å². The van der Waals surface area contributed by atoms with Gasteiger partial charge in [-0.25, -0.2) is 0 Å². The summed E-state index contributed by atoms with van der Waals surface area (Å²) in [7, 11) is 0. The number of allylic oxidation sites excluding steroid dienone is 1. The van der Waals surface area contributed by atoms with Gasteiger partial charge in [-0.2, -0.15) is 0 Å². The second-order valence-corrected chi connectivity index (χ2v) is 6.04. The van der Waals surface area contributed by atoms with Crippen LogP contribution in [0.5, 0.6) is 0 Å². The fraction of sp³-hybridized carbons (Fsp3) is 0.375. The molecule has 3 rings (SSSR count). The van der Waals surface area contributed by atoms with Crippen LogP contribution in [-0.4, -0.2) is 17.2 Å². The molecule has 0 saturated heterocycles. The van der Waals surface area contributed by atoms with Crippen molar-refractivity contribution in [3.8, 4) is 0 Å². The van der Waals surface area contributed by atoms with Crippen LogP contribution in [0.2, 0.25) is 0 Å². The Bertz CT molecular complexity index is 680. The first-order valence-corrected chi connectivity index (χ1v) is 6.48. The monoisotopic (exact) mass is 255 g/mol. The Morgan fingerprint density at radius 3 is 2.37 bits per heavy atom. The summed E-state index contributed by atoms with van der Waals surface area (Å²) in [6, 6.07) is 1.85. The fourth-order valence-electron chi connectivity index (χ4n) is 3.33. The van der Waals surface area contributed by atoms with Crippen molar-refractivity contribution >= 4 is 23.0 Å². The van der Waals surface area contributed by atoms with Gasteiger partial charge in [-0.15, -0.1) is 0 Å². The van der Waals surface area contributed by atoms with Gasteiger partial charge in [-0.3, -0.25) is 14.5 Å². The summed E-state index contributed by atoms with van der Waals surface area (Å²) in [6.07, 6.45) is 2.07. The molecule has 0 aliphatic carbocycles. The maximum atomic E-state index is 12.3. The lowest BCUT2D eigenvalue weighted by atomic mass is 9.85. The van der Waals surface area contributed by atoms with E-state index in [1.165, 1.54) is 0 Å². The third-order valence-corrected chi connectivity index (χ3v) is 4.23. The van der Waals surface area contributed by atoms with Gasteiger partial charge in [0.05, 0.1) is 16.8 Å². The number of carbonyl (C=O) groups excluding carboxylic acids is 2. The average molecular weight is 255 g/mol. The van der Waals surface area contributed by atoms with Gasteiger partial charge >= 0.3 is 0 Å². The topological polar surface area (TPSA) is 37.4 Å². The fourth-order valence-corrected chi connectivity index (χ4v) is 3.33. The standard InChI is InChI=1S/C16H17NO2/c1-8-6-11-13-12(10(8)3)9(2)7-16(4,5)17(13)15(19)14(11)18/h6-7H,1-5H3. The number of rotatable bonds is 0. The highest BCUT2D eigenvalue weighted by molar-refractivity contribution is 6.53. The van der Waals surface area contributed by atoms with E-state index in [-0.39, 0.29) is 5.78 Å². The average Bonchev–Trinajstić information content (AvgIpc) is 2.53. The molecule has 1 aromatic carbocycles. The van der Waals surface area contributed by atoms with Gasteiger partial charge in [0, 0.05) is 5.56 Å². The van der Waals surface area contributed by atoms with E-state index in [4.69, 9.17) is 0 Å². The Kier molecular flexibility index (Phi) is 2.14. The SMILES string of the molecule is CC1=CC(C)(C)N2C(=O)C(=O)c3cc(C)c(C)c1c32. The maximum absolute atomic E-state index is 12.3. The highest BCUT2D eigenvalue weighted by atomic mass is 16.2. The Balaban J connectivity index is 2.48. The highest BCUT2D eigenvalue weighted by Gasteiger charge is 2.47. The summed E-state index contributed by atoms with van der Waals surface area (Å²) >= 11 is 0. The number of nitrogens with zero attached hydrogens (tertiary/aromatic N) is 1. The van der Waals surface area contributed by atoms with E-state index in [1.54, 1.807) is 4.90 Å². The minimum absolute atomic E-state index is 0.379. The van der Waals surface area contributed by atoms with Crippen molar-refractivity contribution < 1.29 is 9.59 Å². The van der Waals surface area contributed by atoms with E-state index < -0.39 is 11.4 Å². The van der Waals surface area contributed by atoms with Crippen LogP contribution in [0.1, 0.15) is 47.8 Å². The van der Waals surface area contributed by atoms with Gasteiger partial charge in [0.25, 0.3) is 11.7 Å². The van der Waals surface area contributed by atoms with E-state index in [9.17, 15) is 9.59 Å². The molecule has 0 fully saturated rings. The third-order valence-electron chi connectivity index (χ3n) is 4.23. The normalized spacial score (nSPS) is 19.6. The molecule has 2 aliphatic heterocycles. The summed E-state index contributed by atoms with van der Waals surface area (Å²) in [5, 5.41) is 0. The molecule has 0 saturated carbocycles. The molecular weight excluding hydrogens is 238 g/mol. The smallest absolute Gasteiger partial charge is 0.295 e. The van der Waals surface area contributed by atoms with E-state index in [1.807, 2.05) is 33.8 Å². The number of anilines is 1. The molecular formula is C16H17NO2. The van der Waals surface area contributed by atoms with Crippen LogP contribution in [-0.2, 0) is 4.79 Å². The van der Waals surface area contributed by atoms with Crippen molar-refractivity contribution in [3.63, 3.8) is 0 Å². The lowest BCUT2D eigenvalue weighted by molar-refractivity contribution is -0.115. The molecule has 3 heteroatoms. The minimum atomic E-state index is -0.448. The molecule has 3 nitrogen and oxygen atoms in total. The molecule has 98 valence electrons. The van der Waals surface area contributed by atoms with Crippen molar-refractivity contribution in [3.05, 3.63) is 34.4 Å². The van der Waals surface area contributed by atoms with Crippen molar-refractivity contribution in [2.45, 2.75) is 40.2 Å². The number of hydrogen-bond donors (Lipinski definition) is 0. The molecule has 0 radical (unpaired) electrons. The number of aryl methyl sites for hydroxylation is 1. The molecule has 1 aromatic rings. The lowest BCUT2D eigenvalue weighted by Gasteiger charge is -2.39. The van der Waals surface area contributed by atoms with Gasteiger partial charge in [0.15, 0.2) is 0 Å². The van der Waals surface area contributed by atoms with E-state index in [2.05, 4.69) is 13.0 Å².